The van der Waals surface area contributed by atoms with E-state index in [-0.39, 0.29) is 11.7 Å². The van der Waals surface area contributed by atoms with Crippen LogP contribution < -0.4 is 10.1 Å². The van der Waals surface area contributed by atoms with Crippen LogP contribution in [0.3, 0.4) is 0 Å². The first-order valence-electron chi connectivity index (χ1n) is 5.50. The minimum Gasteiger partial charge on any atom is -0.404 e. The van der Waals surface area contributed by atoms with Crippen molar-refractivity contribution in [2.45, 2.75) is 6.18 Å². The van der Waals surface area contributed by atoms with Gasteiger partial charge in [0.2, 0.25) is 5.88 Å². The molecule has 0 radical (unpaired) electrons. The third-order valence-corrected chi connectivity index (χ3v) is 2.40. The van der Waals surface area contributed by atoms with Gasteiger partial charge in [-0.1, -0.05) is 0 Å². The molecule has 2 aromatic rings. The summed E-state index contributed by atoms with van der Waals surface area (Å²) in [6.45, 7) is 0. The highest BCUT2D eigenvalue weighted by atomic mass is 19.4. The van der Waals surface area contributed by atoms with Crippen molar-refractivity contribution in [1.29, 1.82) is 0 Å². The Morgan fingerprint density at radius 3 is 2.71 bits per heavy atom. The minimum absolute atomic E-state index is 0.205. The molecular formula is C11H8F4N4O2. The first kappa shape index (κ1) is 14.8. The van der Waals surface area contributed by atoms with Crippen molar-refractivity contribution in [3.05, 3.63) is 35.4 Å². The number of aromatic nitrogens is 3. The van der Waals surface area contributed by atoms with Gasteiger partial charge in [0, 0.05) is 13.1 Å². The maximum absolute atomic E-state index is 13.2. The number of anilines is 1. The van der Waals surface area contributed by atoms with Crippen LogP contribution in [0.4, 0.5) is 23.4 Å². The molecule has 2 heterocycles. The molecule has 0 spiro atoms. The number of esters is 1. The van der Waals surface area contributed by atoms with Crippen molar-refractivity contribution in [3.63, 3.8) is 0 Å². The van der Waals surface area contributed by atoms with Gasteiger partial charge >= 0.3 is 12.1 Å². The number of nitrogens with one attached hydrogen (secondary N) is 2. The molecule has 0 fully saturated rings. The molecule has 6 nitrogen and oxygen atoms in total. The van der Waals surface area contributed by atoms with Crippen molar-refractivity contribution in [2.24, 2.45) is 0 Å². The summed E-state index contributed by atoms with van der Waals surface area (Å²) in [6, 6.07) is 1.98. The first-order valence-corrected chi connectivity index (χ1v) is 5.50. The van der Waals surface area contributed by atoms with Gasteiger partial charge in [0.05, 0.1) is 6.20 Å². The summed E-state index contributed by atoms with van der Waals surface area (Å²) in [5.41, 5.74) is -2.12. The Kier molecular flexibility index (Phi) is 3.78. The molecule has 10 heteroatoms. The van der Waals surface area contributed by atoms with E-state index in [1.165, 1.54) is 7.05 Å². The molecule has 112 valence electrons. The van der Waals surface area contributed by atoms with Crippen LogP contribution in [0.5, 0.6) is 5.88 Å². The predicted molar refractivity (Wildman–Crippen MR) is 62.3 cm³/mol. The average molecular weight is 304 g/mol. The number of hydrogen-bond acceptors (Lipinski definition) is 5. The summed E-state index contributed by atoms with van der Waals surface area (Å²) in [4.78, 5) is 15.3. The highest BCUT2D eigenvalue weighted by molar-refractivity contribution is 5.92. The van der Waals surface area contributed by atoms with Gasteiger partial charge in [-0.15, -0.1) is 0 Å². The molecule has 0 aromatic carbocycles. The van der Waals surface area contributed by atoms with E-state index >= 15 is 0 Å². The third kappa shape index (κ3) is 3.09. The fourth-order valence-electron chi connectivity index (χ4n) is 1.46. The van der Waals surface area contributed by atoms with Gasteiger partial charge in [0.25, 0.3) is 0 Å². The summed E-state index contributed by atoms with van der Waals surface area (Å²) in [5.74, 6) is -2.56. The molecule has 0 aliphatic rings. The monoisotopic (exact) mass is 304 g/mol. The van der Waals surface area contributed by atoms with Gasteiger partial charge in [-0.05, 0) is 6.07 Å². The Morgan fingerprint density at radius 2 is 2.10 bits per heavy atom. The van der Waals surface area contributed by atoms with Gasteiger partial charge in [-0.2, -0.15) is 23.3 Å². The summed E-state index contributed by atoms with van der Waals surface area (Å²) >= 11 is 0. The number of H-pyrrole nitrogens is 1. The topological polar surface area (TPSA) is 79.9 Å². The fraction of sp³-hybridized carbons (Fsp3) is 0.182. The lowest BCUT2D eigenvalue weighted by Crippen LogP contribution is -2.16. The summed E-state index contributed by atoms with van der Waals surface area (Å²) in [7, 11) is 1.38. The minimum atomic E-state index is -4.78. The van der Waals surface area contributed by atoms with Crippen LogP contribution in [0.25, 0.3) is 0 Å². The van der Waals surface area contributed by atoms with E-state index in [2.05, 4.69) is 20.1 Å². The zero-order valence-corrected chi connectivity index (χ0v) is 10.5. The van der Waals surface area contributed by atoms with Crippen LogP contribution >= 0.6 is 0 Å². The summed E-state index contributed by atoms with van der Waals surface area (Å²) in [6.07, 6.45) is -4.09. The number of nitrogens with zero attached hydrogens (tertiary/aromatic N) is 2. The number of pyridine rings is 1. The van der Waals surface area contributed by atoms with Crippen LogP contribution in [-0.4, -0.2) is 28.2 Å². The molecule has 0 amide bonds. The fourth-order valence-corrected chi connectivity index (χ4v) is 1.46. The molecule has 0 aliphatic heterocycles. The molecule has 21 heavy (non-hydrogen) atoms. The highest BCUT2D eigenvalue weighted by Crippen LogP contribution is 2.30. The summed E-state index contributed by atoms with van der Waals surface area (Å²) in [5, 5.41) is 7.24. The van der Waals surface area contributed by atoms with Gasteiger partial charge < -0.3 is 10.1 Å². The Balaban J connectivity index is 2.25. The molecule has 0 unspecified atom stereocenters. The zero-order valence-electron chi connectivity index (χ0n) is 10.5. The van der Waals surface area contributed by atoms with Crippen molar-refractivity contribution in [1.82, 2.24) is 15.2 Å². The largest absolute Gasteiger partial charge is 0.433 e. The lowest BCUT2D eigenvalue weighted by atomic mass is 10.2. The Morgan fingerprint density at radius 1 is 1.38 bits per heavy atom. The molecule has 0 aliphatic carbocycles. The van der Waals surface area contributed by atoms with E-state index in [1.807, 2.05) is 0 Å². The molecule has 2 rings (SSSR count). The molecule has 0 saturated heterocycles. The molecular weight excluding hydrogens is 296 g/mol. The van der Waals surface area contributed by atoms with Crippen molar-refractivity contribution in [2.75, 3.05) is 12.4 Å². The Hall–Kier alpha value is -2.65. The number of halogens is 4. The van der Waals surface area contributed by atoms with Crippen LogP contribution in [0.15, 0.2) is 18.3 Å². The second kappa shape index (κ2) is 5.38. The molecule has 0 atom stereocenters. The third-order valence-electron chi connectivity index (χ3n) is 2.40. The van der Waals surface area contributed by atoms with Gasteiger partial charge in [0.15, 0.2) is 17.3 Å². The lowest BCUT2D eigenvalue weighted by Gasteiger charge is -2.08. The van der Waals surface area contributed by atoms with Crippen LogP contribution in [0.2, 0.25) is 0 Å². The Bertz CT molecular complexity index is 668. The first-order chi connectivity index (χ1) is 9.82. The van der Waals surface area contributed by atoms with E-state index in [0.29, 0.717) is 6.20 Å². The number of alkyl halides is 3. The van der Waals surface area contributed by atoms with E-state index in [9.17, 15) is 22.4 Å². The van der Waals surface area contributed by atoms with E-state index < -0.39 is 29.2 Å². The smallest absolute Gasteiger partial charge is 0.404 e. The Labute approximate surface area is 115 Å². The van der Waals surface area contributed by atoms with Gasteiger partial charge in [0.1, 0.15) is 5.56 Å². The number of ether oxygens (including phenoxy) is 1. The van der Waals surface area contributed by atoms with E-state index in [1.54, 1.807) is 5.10 Å². The molecule has 0 saturated carbocycles. The average Bonchev–Trinajstić information content (AvgIpc) is 2.90. The van der Waals surface area contributed by atoms with Crippen molar-refractivity contribution >= 4 is 11.8 Å². The predicted octanol–water partition coefficient (Wildman–Crippen LogP) is 2.22. The van der Waals surface area contributed by atoms with E-state index in [0.717, 1.165) is 12.1 Å². The van der Waals surface area contributed by atoms with Crippen molar-refractivity contribution in [3.8, 4) is 5.88 Å². The number of aromatic amines is 1. The van der Waals surface area contributed by atoms with E-state index in [4.69, 9.17) is 0 Å². The number of carbonyl (C=O) groups excluding carboxylic acids is 1. The maximum Gasteiger partial charge on any atom is 0.433 e. The second-order valence-corrected chi connectivity index (χ2v) is 3.78. The SMILES string of the molecule is CNc1nc(OC(=O)c2cn[nH]c2C(F)(F)F)ccc1F. The number of carbonyl (C=O) groups is 1. The summed E-state index contributed by atoms with van der Waals surface area (Å²) < 4.78 is 55.6. The normalized spacial score (nSPS) is 11.3. The van der Waals surface area contributed by atoms with Crippen LogP contribution in [0, 0.1) is 5.82 Å². The second-order valence-electron chi connectivity index (χ2n) is 3.78. The van der Waals surface area contributed by atoms with Crippen LogP contribution in [0.1, 0.15) is 16.1 Å². The maximum atomic E-state index is 13.2. The standard InChI is InChI=1S/C11H8F4N4O2/c1-16-9-6(12)2-3-7(18-9)21-10(20)5-4-17-19-8(5)11(13,14)15/h2-4H,1H3,(H,16,18)(H,17,19). The van der Waals surface area contributed by atoms with Crippen molar-refractivity contribution < 1.29 is 27.1 Å². The molecule has 2 N–H and O–H groups in total. The highest BCUT2D eigenvalue weighted by Gasteiger charge is 2.38. The van der Waals surface area contributed by atoms with Gasteiger partial charge in [-0.25, -0.2) is 9.18 Å². The zero-order chi connectivity index (χ0) is 15.6. The quantitative estimate of drug-likeness (QED) is 0.671. The molecule has 0 bridgehead atoms. The number of hydrogen-bond donors (Lipinski definition) is 2. The number of rotatable bonds is 3. The lowest BCUT2D eigenvalue weighted by molar-refractivity contribution is -0.141. The molecule has 2 aromatic heterocycles. The van der Waals surface area contributed by atoms with Crippen LogP contribution in [-0.2, 0) is 6.18 Å². The van der Waals surface area contributed by atoms with Gasteiger partial charge in [-0.3, -0.25) is 5.10 Å².